The number of hydrogen-bond donors (Lipinski definition) is 0. The summed E-state index contributed by atoms with van der Waals surface area (Å²) in [5.74, 6) is 11.2. The summed E-state index contributed by atoms with van der Waals surface area (Å²) in [4.78, 5) is 12.4. The Morgan fingerprint density at radius 1 is 0.976 bits per heavy atom. The Hall–Kier alpha value is -3.95. The Bertz CT molecular complexity index is 1460. The van der Waals surface area contributed by atoms with Crippen molar-refractivity contribution >= 4 is 6.72 Å². The number of hydrogen-bond acceptors (Lipinski definition) is 3. The molecule has 2 aliphatic carbocycles. The molecule has 0 radical (unpaired) electrons. The molecule has 0 N–H and O–H groups in total. The fourth-order valence-corrected chi connectivity index (χ4v) is 6.83. The summed E-state index contributed by atoms with van der Waals surface area (Å²) in [7, 11) is 0. The van der Waals surface area contributed by atoms with Gasteiger partial charge in [0.2, 0.25) is 0 Å². The van der Waals surface area contributed by atoms with Crippen LogP contribution >= 0.6 is 0 Å². The highest BCUT2D eigenvalue weighted by atomic mass is 14.6. The first-order chi connectivity index (χ1) is 20.2. The van der Waals surface area contributed by atoms with E-state index in [1.807, 2.05) is 37.7 Å². The van der Waals surface area contributed by atoms with E-state index in [-0.39, 0.29) is 10.8 Å². The van der Waals surface area contributed by atoms with Crippen molar-refractivity contribution in [1.82, 2.24) is 9.97 Å². The van der Waals surface area contributed by atoms with E-state index < -0.39 is 5.41 Å². The first kappa shape index (κ1) is 31.0. The minimum absolute atomic E-state index is 0.0532. The number of allylic oxidation sites excluding steroid dienone is 7. The Morgan fingerprint density at radius 3 is 2.21 bits per heavy atom. The van der Waals surface area contributed by atoms with Crippen molar-refractivity contribution in [2.24, 2.45) is 28.2 Å². The van der Waals surface area contributed by atoms with Crippen LogP contribution in [-0.2, 0) is 10.8 Å². The smallest absolute Gasteiger partial charge is 0.114 e. The van der Waals surface area contributed by atoms with E-state index in [0.717, 1.165) is 24.8 Å². The lowest BCUT2D eigenvalue weighted by Crippen LogP contribution is -2.33. The minimum atomic E-state index is -0.647. The van der Waals surface area contributed by atoms with Crippen molar-refractivity contribution < 1.29 is 0 Å². The molecule has 2 aromatic rings. The third kappa shape index (κ3) is 6.74. The number of aromatic nitrogens is 2. The normalized spacial score (nSPS) is 23.7. The molecule has 42 heavy (non-hydrogen) atoms. The van der Waals surface area contributed by atoms with Crippen LogP contribution in [0.4, 0.5) is 0 Å². The monoisotopic (exact) mass is 555 g/mol. The summed E-state index contributed by atoms with van der Waals surface area (Å²) in [5, 5.41) is 0. The highest BCUT2D eigenvalue weighted by molar-refractivity contribution is 5.47. The third-order valence-corrected chi connectivity index (χ3v) is 9.80. The second kappa shape index (κ2) is 13.4. The van der Waals surface area contributed by atoms with Crippen molar-refractivity contribution in [2.45, 2.75) is 77.6 Å². The molecule has 3 nitrogen and oxygen atoms in total. The summed E-state index contributed by atoms with van der Waals surface area (Å²) in [6.45, 7) is 15.0. The van der Waals surface area contributed by atoms with Crippen molar-refractivity contribution in [1.29, 1.82) is 0 Å². The van der Waals surface area contributed by atoms with Crippen molar-refractivity contribution in [2.75, 3.05) is 0 Å². The molecule has 5 unspecified atom stereocenters. The fraction of sp³-hybridized carbons (Fsp3) is 0.410. The van der Waals surface area contributed by atoms with E-state index >= 15 is 0 Å². The van der Waals surface area contributed by atoms with Gasteiger partial charge in [0.25, 0.3) is 0 Å². The highest BCUT2D eigenvalue weighted by Crippen LogP contribution is 2.50. The van der Waals surface area contributed by atoms with Crippen LogP contribution in [0, 0.1) is 47.4 Å². The lowest BCUT2D eigenvalue weighted by atomic mass is 9.63. The van der Waals surface area contributed by atoms with Gasteiger partial charge in [-0.25, -0.2) is 0 Å². The van der Waals surface area contributed by atoms with E-state index in [4.69, 9.17) is 6.42 Å². The molecular weight excluding hydrogens is 510 g/mol. The van der Waals surface area contributed by atoms with Gasteiger partial charge in [-0.1, -0.05) is 62.8 Å². The van der Waals surface area contributed by atoms with E-state index in [0.29, 0.717) is 17.8 Å². The second-order valence-electron chi connectivity index (χ2n) is 12.7. The fourth-order valence-electron chi connectivity index (χ4n) is 6.83. The Labute approximate surface area is 254 Å². The Morgan fingerprint density at radius 2 is 1.64 bits per heavy atom. The van der Waals surface area contributed by atoms with Crippen LogP contribution in [0.1, 0.15) is 77.8 Å². The maximum Gasteiger partial charge on any atom is 0.114 e. The lowest BCUT2D eigenvalue weighted by molar-refractivity contribution is 0.216. The summed E-state index contributed by atoms with van der Waals surface area (Å²) in [6.07, 6.45) is 32.4. The topological polar surface area (TPSA) is 38.1 Å². The van der Waals surface area contributed by atoms with Gasteiger partial charge in [0.05, 0.1) is 0 Å². The molecule has 0 saturated heterocycles. The summed E-state index contributed by atoms with van der Waals surface area (Å²) in [5.41, 5.74) is 4.22. The highest BCUT2D eigenvalue weighted by Gasteiger charge is 2.40. The predicted octanol–water partition coefficient (Wildman–Crippen LogP) is 8.82. The maximum absolute atomic E-state index is 5.97. The molecule has 4 rings (SSSR count). The van der Waals surface area contributed by atoms with Gasteiger partial charge in [0.1, 0.15) is 5.41 Å². The van der Waals surface area contributed by atoms with Gasteiger partial charge in [-0.15, -0.1) is 6.42 Å². The molecule has 2 aliphatic rings. The molecule has 0 aliphatic heterocycles. The van der Waals surface area contributed by atoms with E-state index in [1.165, 1.54) is 29.6 Å². The number of rotatable bonds is 9. The molecule has 5 atom stereocenters. The number of nitrogens with zero attached hydrogens (tertiary/aromatic N) is 3. The molecule has 0 amide bonds. The van der Waals surface area contributed by atoms with E-state index in [2.05, 4.69) is 110 Å². The van der Waals surface area contributed by atoms with Gasteiger partial charge in [-0.05, 0) is 134 Å². The quantitative estimate of drug-likeness (QED) is 0.134. The molecule has 0 aromatic carbocycles. The van der Waals surface area contributed by atoms with Crippen LogP contribution < -0.4 is 0 Å². The van der Waals surface area contributed by atoms with Gasteiger partial charge >= 0.3 is 0 Å². The van der Waals surface area contributed by atoms with Crippen LogP contribution in [0.25, 0.3) is 0 Å². The van der Waals surface area contributed by atoms with Gasteiger partial charge in [0.15, 0.2) is 0 Å². The number of aliphatic imine (C=N–C) groups is 1. The predicted molar refractivity (Wildman–Crippen MR) is 177 cm³/mol. The zero-order valence-electron chi connectivity index (χ0n) is 26.0. The Balaban J connectivity index is 1.59. The first-order valence-corrected chi connectivity index (χ1v) is 15.2. The summed E-state index contributed by atoms with van der Waals surface area (Å²) in [6, 6.07) is 8.23. The zero-order chi connectivity index (χ0) is 30.2. The van der Waals surface area contributed by atoms with Crippen molar-refractivity contribution in [3.8, 4) is 24.2 Å². The number of terminal acetylenes is 1. The second-order valence-corrected chi connectivity index (χ2v) is 12.7. The molecule has 0 bridgehead atoms. The van der Waals surface area contributed by atoms with Crippen LogP contribution in [-0.4, -0.2) is 16.7 Å². The van der Waals surface area contributed by atoms with Gasteiger partial charge in [-0.3, -0.25) is 15.0 Å². The van der Waals surface area contributed by atoms with E-state index in [1.54, 1.807) is 12.4 Å². The largest absolute Gasteiger partial charge is 0.273 e. The first-order valence-electron chi connectivity index (χ1n) is 15.2. The molecule has 3 heteroatoms. The lowest BCUT2D eigenvalue weighted by Gasteiger charge is -2.41. The Kier molecular flexibility index (Phi) is 9.85. The van der Waals surface area contributed by atoms with Crippen LogP contribution in [0.5, 0.6) is 0 Å². The molecule has 216 valence electrons. The van der Waals surface area contributed by atoms with Crippen LogP contribution in [0.2, 0.25) is 0 Å². The molecular formula is C39H45N3. The summed E-state index contributed by atoms with van der Waals surface area (Å²) < 4.78 is 0. The van der Waals surface area contributed by atoms with Crippen LogP contribution in [0.3, 0.4) is 0 Å². The minimum Gasteiger partial charge on any atom is -0.273 e. The average Bonchev–Trinajstić information content (AvgIpc) is 3.51. The molecule has 0 fully saturated rings. The SMILES string of the molecule is C#CC(C)(C#CC1=CC(C(C)(CC2C=CC(C(C)(C)c3ccncc3)CC2)C(/C=C\N=C)=C/C)CC1)c1ccncc1. The molecule has 2 heterocycles. The van der Waals surface area contributed by atoms with Crippen molar-refractivity contribution in [3.63, 3.8) is 0 Å². The third-order valence-electron chi connectivity index (χ3n) is 9.80. The molecule has 2 aromatic heterocycles. The average molecular weight is 556 g/mol. The zero-order valence-corrected chi connectivity index (χ0v) is 26.0. The molecule has 0 spiro atoms. The van der Waals surface area contributed by atoms with Gasteiger partial charge in [-0.2, -0.15) is 0 Å². The summed E-state index contributed by atoms with van der Waals surface area (Å²) >= 11 is 0. The standard InChI is InChI=1S/C39H45N3/c1-8-32(17-23-40-7)39(6,29-31-11-13-33(14-12-31)37(3,4)34-18-24-41-25-19-34)36-15-10-30(28-36)16-22-38(5,9-2)35-20-26-42-27-21-35/h2,8,11,13,17-21,23-28,31,33,36H,7,10,12,14-15,29H2,1,3-6H3/b23-17-,32-8+. The number of pyridine rings is 2. The maximum atomic E-state index is 5.97. The molecule has 0 saturated carbocycles. The van der Waals surface area contributed by atoms with Gasteiger partial charge < -0.3 is 0 Å². The van der Waals surface area contributed by atoms with E-state index in [9.17, 15) is 0 Å². The van der Waals surface area contributed by atoms with Gasteiger partial charge in [0, 0.05) is 31.0 Å². The van der Waals surface area contributed by atoms with Crippen molar-refractivity contribution in [3.05, 3.63) is 108 Å². The van der Waals surface area contributed by atoms with Crippen LogP contribution in [0.15, 0.2) is 102 Å².